The van der Waals surface area contributed by atoms with Gasteiger partial charge in [-0.15, -0.1) is 0 Å². The first-order valence-electron chi connectivity index (χ1n) is 6.54. The van der Waals surface area contributed by atoms with Gasteiger partial charge in [0.1, 0.15) is 17.7 Å². The van der Waals surface area contributed by atoms with E-state index in [1.807, 2.05) is 0 Å². The lowest BCUT2D eigenvalue weighted by Crippen LogP contribution is -2.32. The van der Waals surface area contributed by atoms with Gasteiger partial charge in [0.15, 0.2) is 0 Å². The first-order valence-corrected chi connectivity index (χ1v) is 6.92. The molecule has 1 atom stereocenters. The molecule has 0 bridgehead atoms. The van der Waals surface area contributed by atoms with Crippen LogP contribution in [0.4, 0.5) is 4.39 Å². The molecule has 1 aromatic rings. The van der Waals surface area contributed by atoms with Gasteiger partial charge in [-0.05, 0) is 31.4 Å². The maximum Gasteiger partial charge on any atom is 0.145 e. The average Bonchev–Trinajstić information content (AvgIpc) is 3.15. The van der Waals surface area contributed by atoms with Gasteiger partial charge in [0.2, 0.25) is 0 Å². The molecule has 18 heavy (non-hydrogen) atoms. The largest absolute Gasteiger partial charge is 0.489 e. The standard InChI is InChI=1S/C14H19ClFNO/c1-2-3-12(9-17-10-4-5-10)18-11-6-7-13(15)14(16)8-11/h6-8,10,12,17H,2-5,9H2,1H3. The average molecular weight is 272 g/mol. The van der Waals surface area contributed by atoms with Gasteiger partial charge in [0.05, 0.1) is 5.02 Å². The van der Waals surface area contributed by atoms with Crippen molar-refractivity contribution in [1.29, 1.82) is 0 Å². The third-order valence-electron chi connectivity index (χ3n) is 3.02. The fourth-order valence-electron chi connectivity index (χ4n) is 1.85. The molecule has 1 aliphatic rings. The van der Waals surface area contributed by atoms with Crippen molar-refractivity contribution in [2.24, 2.45) is 0 Å². The third-order valence-corrected chi connectivity index (χ3v) is 3.32. The molecule has 0 amide bonds. The highest BCUT2D eigenvalue weighted by Crippen LogP contribution is 2.23. The second-order valence-corrected chi connectivity index (χ2v) is 5.19. The van der Waals surface area contributed by atoms with Crippen LogP contribution in [0.5, 0.6) is 5.75 Å². The van der Waals surface area contributed by atoms with E-state index in [0.717, 1.165) is 19.4 Å². The van der Waals surface area contributed by atoms with E-state index in [0.29, 0.717) is 11.8 Å². The fraction of sp³-hybridized carbons (Fsp3) is 0.571. The highest BCUT2D eigenvalue weighted by molar-refractivity contribution is 6.30. The van der Waals surface area contributed by atoms with Gasteiger partial charge < -0.3 is 10.1 Å². The molecule has 1 aromatic carbocycles. The van der Waals surface area contributed by atoms with Crippen LogP contribution in [-0.2, 0) is 0 Å². The van der Waals surface area contributed by atoms with Crippen LogP contribution in [0.15, 0.2) is 18.2 Å². The highest BCUT2D eigenvalue weighted by atomic mass is 35.5. The lowest BCUT2D eigenvalue weighted by atomic mass is 10.2. The van der Waals surface area contributed by atoms with E-state index < -0.39 is 5.82 Å². The molecule has 4 heteroatoms. The van der Waals surface area contributed by atoms with Crippen molar-refractivity contribution in [2.45, 2.75) is 44.8 Å². The Labute approximate surface area is 112 Å². The van der Waals surface area contributed by atoms with Crippen molar-refractivity contribution < 1.29 is 9.13 Å². The van der Waals surface area contributed by atoms with E-state index in [2.05, 4.69) is 12.2 Å². The summed E-state index contributed by atoms with van der Waals surface area (Å²) in [6.07, 6.45) is 4.62. The van der Waals surface area contributed by atoms with Gasteiger partial charge in [0, 0.05) is 18.7 Å². The van der Waals surface area contributed by atoms with Crippen LogP contribution in [0.2, 0.25) is 5.02 Å². The number of ether oxygens (including phenoxy) is 1. The minimum atomic E-state index is -0.431. The van der Waals surface area contributed by atoms with Gasteiger partial charge in [-0.3, -0.25) is 0 Å². The van der Waals surface area contributed by atoms with Crippen LogP contribution in [0.25, 0.3) is 0 Å². The van der Waals surface area contributed by atoms with Crippen molar-refractivity contribution in [2.75, 3.05) is 6.54 Å². The molecule has 2 nitrogen and oxygen atoms in total. The quantitative estimate of drug-likeness (QED) is 0.815. The summed E-state index contributed by atoms with van der Waals surface area (Å²) >= 11 is 5.65. The number of benzene rings is 1. The topological polar surface area (TPSA) is 21.3 Å². The molecule has 1 N–H and O–H groups in total. The molecule has 0 aliphatic heterocycles. The number of rotatable bonds is 7. The van der Waals surface area contributed by atoms with Crippen molar-refractivity contribution >= 4 is 11.6 Å². The summed E-state index contributed by atoms with van der Waals surface area (Å²) in [4.78, 5) is 0. The summed E-state index contributed by atoms with van der Waals surface area (Å²) in [5.41, 5.74) is 0. The summed E-state index contributed by atoms with van der Waals surface area (Å²) in [7, 11) is 0. The second-order valence-electron chi connectivity index (χ2n) is 4.79. The maximum atomic E-state index is 13.3. The molecule has 1 fully saturated rings. The molecule has 2 rings (SSSR count). The van der Waals surface area contributed by atoms with Gasteiger partial charge in [0.25, 0.3) is 0 Å². The maximum absolute atomic E-state index is 13.3. The normalized spacial score (nSPS) is 16.6. The van der Waals surface area contributed by atoms with Crippen molar-refractivity contribution in [1.82, 2.24) is 5.32 Å². The predicted molar refractivity (Wildman–Crippen MR) is 71.8 cm³/mol. The van der Waals surface area contributed by atoms with E-state index >= 15 is 0 Å². The monoisotopic (exact) mass is 271 g/mol. The molecule has 0 heterocycles. The van der Waals surface area contributed by atoms with Crippen LogP contribution < -0.4 is 10.1 Å². The Morgan fingerprint density at radius 2 is 2.28 bits per heavy atom. The van der Waals surface area contributed by atoms with E-state index in [-0.39, 0.29) is 11.1 Å². The van der Waals surface area contributed by atoms with Crippen LogP contribution in [0, 0.1) is 5.82 Å². The van der Waals surface area contributed by atoms with E-state index in [1.165, 1.54) is 25.0 Å². The Morgan fingerprint density at radius 1 is 1.50 bits per heavy atom. The predicted octanol–water partition coefficient (Wildman–Crippen LogP) is 3.78. The molecule has 0 spiro atoms. The Morgan fingerprint density at radius 3 is 2.89 bits per heavy atom. The zero-order chi connectivity index (χ0) is 13.0. The second kappa shape index (κ2) is 6.39. The Kier molecular flexibility index (Phi) is 4.84. The molecule has 100 valence electrons. The van der Waals surface area contributed by atoms with Gasteiger partial charge >= 0.3 is 0 Å². The molecule has 0 aromatic heterocycles. The minimum absolute atomic E-state index is 0.0937. The summed E-state index contributed by atoms with van der Waals surface area (Å²) in [5, 5.41) is 3.57. The first-order chi connectivity index (χ1) is 8.69. The molecule has 0 radical (unpaired) electrons. The molecule has 1 saturated carbocycles. The molecular formula is C14H19ClFNO. The zero-order valence-corrected chi connectivity index (χ0v) is 11.3. The summed E-state index contributed by atoms with van der Waals surface area (Å²) in [5.74, 6) is 0.118. The fourth-order valence-corrected chi connectivity index (χ4v) is 1.97. The van der Waals surface area contributed by atoms with Crippen LogP contribution >= 0.6 is 11.6 Å². The zero-order valence-electron chi connectivity index (χ0n) is 10.6. The van der Waals surface area contributed by atoms with E-state index in [9.17, 15) is 4.39 Å². The molecule has 1 aliphatic carbocycles. The molecule has 0 saturated heterocycles. The van der Waals surface area contributed by atoms with E-state index in [4.69, 9.17) is 16.3 Å². The third kappa shape index (κ3) is 4.14. The van der Waals surface area contributed by atoms with Crippen LogP contribution in [0.3, 0.4) is 0 Å². The number of hydrogen-bond donors (Lipinski definition) is 1. The lowest BCUT2D eigenvalue weighted by molar-refractivity contribution is 0.185. The number of nitrogens with one attached hydrogen (secondary N) is 1. The van der Waals surface area contributed by atoms with Crippen molar-refractivity contribution in [3.63, 3.8) is 0 Å². The SMILES string of the molecule is CCCC(CNC1CC1)Oc1ccc(Cl)c(F)c1. The summed E-state index contributed by atoms with van der Waals surface area (Å²) < 4.78 is 19.1. The number of halogens is 2. The molecular weight excluding hydrogens is 253 g/mol. The Hall–Kier alpha value is -0.800. The van der Waals surface area contributed by atoms with Crippen molar-refractivity contribution in [3.8, 4) is 5.75 Å². The van der Waals surface area contributed by atoms with Crippen LogP contribution in [-0.4, -0.2) is 18.7 Å². The number of hydrogen-bond acceptors (Lipinski definition) is 2. The van der Waals surface area contributed by atoms with Gasteiger partial charge in [-0.25, -0.2) is 4.39 Å². The van der Waals surface area contributed by atoms with Crippen molar-refractivity contribution in [3.05, 3.63) is 29.0 Å². The minimum Gasteiger partial charge on any atom is -0.489 e. The van der Waals surface area contributed by atoms with Gasteiger partial charge in [-0.1, -0.05) is 24.9 Å². The summed E-state index contributed by atoms with van der Waals surface area (Å²) in [6, 6.07) is 5.26. The van der Waals surface area contributed by atoms with Crippen LogP contribution in [0.1, 0.15) is 32.6 Å². The lowest BCUT2D eigenvalue weighted by Gasteiger charge is -2.19. The van der Waals surface area contributed by atoms with E-state index in [1.54, 1.807) is 6.07 Å². The first kappa shape index (κ1) is 13.6. The summed E-state index contributed by atoms with van der Waals surface area (Å²) in [6.45, 7) is 2.94. The Bertz CT molecular complexity index is 395. The Balaban J connectivity index is 1.90. The molecule has 1 unspecified atom stereocenters. The smallest absolute Gasteiger partial charge is 0.145 e. The highest BCUT2D eigenvalue weighted by Gasteiger charge is 2.22. The van der Waals surface area contributed by atoms with Gasteiger partial charge in [-0.2, -0.15) is 0 Å².